The molecule has 2 aromatic heterocycles. The molecule has 0 aliphatic carbocycles. The highest BCUT2D eigenvalue weighted by Gasteiger charge is 2.34. The van der Waals surface area contributed by atoms with E-state index in [0.29, 0.717) is 50.6 Å². The Morgan fingerprint density at radius 2 is 1.94 bits per heavy atom. The molecule has 2 aromatic rings. The van der Waals surface area contributed by atoms with Crippen molar-refractivity contribution in [3.05, 3.63) is 44.7 Å². The summed E-state index contributed by atoms with van der Waals surface area (Å²) in [6.07, 6.45) is 4.61. The average Bonchev–Trinajstić information content (AvgIpc) is 2.96. The van der Waals surface area contributed by atoms with Gasteiger partial charge in [0, 0.05) is 25.8 Å². The van der Waals surface area contributed by atoms with E-state index in [9.17, 15) is 9.59 Å². The predicted octanol–water partition coefficient (Wildman–Crippen LogP) is 4.34. The van der Waals surface area contributed by atoms with Crippen LogP contribution in [-0.4, -0.2) is 44.1 Å². The zero-order valence-corrected chi connectivity index (χ0v) is 20.9. The van der Waals surface area contributed by atoms with E-state index in [2.05, 4.69) is 32.6 Å². The minimum absolute atomic E-state index is 0.131. The molecule has 0 aromatic carbocycles. The van der Waals surface area contributed by atoms with Gasteiger partial charge in [-0.3, -0.25) is 18.9 Å². The zero-order chi connectivity index (χ0) is 23.2. The minimum atomic E-state index is -0.159. The third-order valence-electron chi connectivity index (χ3n) is 5.93. The SMILES string of the molecule is Cc1cccn2c(=O)c(/C=C3\SC(=S)N(CC(C)C)C3=O)c(N3C[C@H](C)C[C@H](C)C3)nc12. The minimum Gasteiger partial charge on any atom is -0.355 e. The van der Waals surface area contributed by atoms with Gasteiger partial charge < -0.3 is 4.90 Å². The maximum atomic E-state index is 13.6. The Bertz CT molecular complexity index is 1160. The molecule has 2 aliphatic heterocycles. The van der Waals surface area contributed by atoms with Gasteiger partial charge in [0.05, 0.1) is 10.5 Å². The molecule has 32 heavy (non-hydrogen) atoms. The summed E-state index contributed by atoms with van der Waals surface area (Å²) < 4.78 is 2.12. The molecule has 2 saturated heterocycles. The summed E-state index contributed by atoms with van der Waals surface area (Å²) in [7, 11) is 0. The van der Waals surface area contributed by atoms with Gasteiger partial charge in [-0.05, 0) is 48.8 Å². The van der Waals surface area contributed by atoms with Gasteiger partial charge >= 0.3 is 0 Å². The van der Waals surface area contributed by atoms with Gasteiger partial charge in [0.2, 0.25) is 0 Å². The number of pyridine rings is 1. The summed E-state index contributed by atoms with van der Waals surface area (Å²) in [5, 5.41) is 0. The van der Waals surface area contributed by atoms with Gasteiger partial charge in [-0.15, -0.1) is 0 Å². The standard InChI is InChI=1S/C24H30N4O2S2/c1-14(2)11-28-23(30)19(32-24(28)31)10-18-21(26-12-15(3)9-16(4)13-26)25-20-17(5)7-6-8-27(20)22(18)29/h6-8,10,14-16H,9,11-13H2,1-5H3/b19-10-/t15-,16+. The van der Waals surface area contributed by atoms with Crippen molar-refractivity contribution in [3.63, 3.8) is 0 Å². The lowest BCUT2D eigenvalue weighted by Gasteiger charge is -2.36. The van der Waals surface area contributed by atoms with Crippen LogP contribution in [0.5, 0.6) is 0 Å². The molecule has 2 atom stereocenters. The normalized spacial score (nSPS) is 23.2. The van der Waals surface area contributed by atoms with Crippen LogP contribution >= 0.6 is 24.0 Å². The number of amides is 1. The van der Waals surface area contributed by atoms with Crippen LogP contribution in [0.1, 0.15) is 45.2 Å². The molecule has 2 fully saturated rings. The average molecular weight is 471 g/mol. The van der Waals surface area contributed by atoms with Crippen LogP contribution in [0.3, 0.4) is 0 Å². The van der Waals surface area contributed by atoms with Crippen LogP contribution < -0.4 is 10.5 Å². The van der Waals surface area contributed by atoms with E-state index in [0.717, 1.165) is 25.1 Å². The second-order valence-electron chi connectivity index (χ2n) is 9.58. The monoisotopic (exact) mass is 470 g/mol. The zero-order valence-electron chi connectivity index (χ0n) is 19.3. The smallest absolute Gasteiger partial charge is 0.267 e. The summed E-state index contributed by atoms with van der Waals surface area (Å²) in [5.74, 6) is 1.85. The van der Waals surface area contributed by atoms with Crippen molar-refractivity contribution in [1.82, 2.24) is 14.3 Å². The molecule has 6 nitrogen and oxygen atoms in total. The van der Waals surface area contributed by atoms with Crippen molar-refractivity contribution in [2.45, 2.75) is 41.0 Å². The number of piperidine rings is 1. The highest BCUT2D eigenvalue weighted by molar-refractivity contribution is 8.26. The Morgan fingerprint density at radius 3 is 2.59 bits per heavy atom. The quantitative estimate of drug-likeness (QED) is 0.489. The molecule has 0 saturated carbocycles. The number of thiocarbonyl (C=S) groups is 1. The number of thioether (sulfide) groups is 1. The molecule has 4 rings (SSSR count). The third-order valence-corrected chi connectivity index (χ3v) is 7.31. The van der Waals surface area contributed by atoms with Crippen LogP contribution in [0.25, 0.3) is 11.7 Å². The third kappa shape index (κ3) is 4.35. The number of rotatable bonds is 4. The van der Waals surface area contributed by atoms with Crippen molar-refractivity contribution < 1.29 is 4.79 Å². The summed E-state index contributed by atoms with van der Waals surface area (Å²) in [4.78, 5) is 36.0. The number of hydrogen-bond acceptors (Lipinski definition) is 6. The highest BCUT2D eigenvalue weighted by Crippen LogP contribution is 2.35. The topological polar surface area (TPSA) is 57.9 Å². The largest absolute Gasteiger partial charge is 0.355 e. The van der Waals surface area contributed by atoms with Gasteiger partial charge in [-0.2, -0.15) is 0 Å². The molecule has 170 valence electrons. The van der Waals surface area contributed by atoms with Crippen molar-refractivity contribution in [2.24, 2.45) is 17.8 Å². The molecule has 8 heteroatoms. The molecule has 0 unspecified atom stereocenters. The number of fused-ring (bicyclic) bond motifs is 1. The molecular weight excluding hydrogens is 440 g/mol. The van der Waals surface area contributed by atoms with E-state index in [-0.39, 0.29) is 11.5 Å². The second-order valence-corrected chi connectivity index (χ2v) is 11.3. The molecule has 0 N–H and O–H groups in total. The van der Waals surface area contributed by atoms with Crippen LogP contribution in [0.2, 0.25) is 0 Å². The van der Waals surface area contributed by atoms with Crippen molar-refractivity contribution >= 4 is 51.7 Å². The second kappa shape index (κ2) is 8.98. The first-order valence-corrected chi connectivity index (χ1v) is 12.4. The predicted molar refractivity (Wildman–Crippen MR) is 136 cm³/mol. The van der Waals surface area contributed by atoms with Gasteiger partial charge in [-0.1, -0.05) is 57.7 Å². The fourth-order valence-electron chi connectivity index (χ4n) is 4.66. The van der Waals surface area contributed by atoms with Crippen LogP contribution in [0, 0.1) is 24.7 Å². The Balaban J connectivity index is 1.87. The summed E-state index contributed by atoms with van der Waals surface area (Å²) in [6, 6.07) is 3.81. The highest BCUT2D eigenvalue weighted by atomic mass is 32.2. The Kier molecular flexibility index (Phi) is 6.45. The number of aromatic nitrogens is 2. The number of carbonyl (C=O) groups is 1. The lowest BCUT2D eigenvalue weighted by molar-refractivity contribution is -0.122. The van der Waals surface area contributed by atoms with E-state index in [1.54, 1.807) is 21.6 Å². The van der Waals surface area contributed by atoms with Gasteiger partial charge in [-0.25, -0.2) is 4.98 Å². The lowest BCUT2D eigenvalue weighted by Crippen LogP contribution is -2.40. The van der Waals surface area contributed by atoms with Crippen LogP contribution in [0.15, 0.2) is 28.0 Å². The Labute approximate surface area is 198 Å². The number of carbonyl (C=O) groups excluding carboxylic acids is 1. The van der Waals surface area contributed by atoms with Gasteiger partial charge in [0.25, 0.3) is 11.5 Å². The Morgan fingerprint density at radius 1 is 1.25 bits per heavy atom. The summed E-state index contributed by atoms with van der Waals surface area (Å²) in [6.45, 7) is 12.8. The molecule has 1 amide bonds. The maximum Gasteiger partial charge on any atom is 0.267 e. The fourth-order valence-corrected chi connectivity index (χ4v) is 5.91. The molecule has 2 aliphatic rings. The molecule has 0 radical (unpaired) electrons. The van der Waals surface area contributed by atoms with Gasteiger partial charge in [0.1, 0.15) is 15.8 Å². The van der Waals surface area contributed by atoms with E-state index in [4.69, 9.17) is 17.2 Å². The fraction of sp³-hybridized carbons (Fsp3) is 0.500. The molecule has 4 heterocycles. The van der Waals surface area contributed by atoms with Crippen LogP contribution in [-0.2, 0) is 4.79 Å². The van der Waals surface area contributed by atoms with Crippen molar-refractivity contribution in [2.75, 3.05) is 24.5 Å². The van der Waals surface area contributed by atoms with Gasteiger partial charge in [0.15, 0.2) is 0 Å². The van der Waals surface area contributed by atoms with Crippen LogP contribution in [0.4, 0.5) is 5.82 Å². The number of aryl methyl sites for hydroxylation is 1. The van der Waals surface area contributed by atoms with E-state index in [1.807, 2.05) is 19.1 Å². The molecule has 0 spiro atoms. The first-order valence-electron chi connectivity index (χ1n) is 11.2. The van der Waals surface area contributed by atoms with E-state index in [1.165, 1.54) is 11.8 Å². The van der Waals surface area contributed by atoms with E-state index >= 15 is 0 Å². The first-order chi connectivity index (χ1) is 15.2. The summed E-state index contributed by atoms with van der Waals surface area (Å²) in [5.41, 5.74) is 1.90. The lowest BCUT2D eigenvalue weighted by atomic mass is 9.91. The van der Waals surface area contributed by atoms with Crippen molar-refractivity contribution in [1.29, 1.82) is 0 Å². The maximum absolute atomic E-state index is 13.6. The number of anilines is 1. The molecular formula is C24H30N4O2S2. The van der Waals surface area contributed by atoms with Crippen molar-refractivity contribution in [3.8, 4) is 0 Å². The van der Waals surface area contributed by atoms with E-state index < -0.39 is 0 Å². The number of hydrogen-bond donors (Lipinski definition) is 0. The first kappa shape index (κ1) is 23.0. The number of nitrogens with zero attached hydrogens (tertiary/aromatic N) is 4. The Hall–Kier alpha value is -2.19. The summed E-state index contributed by atoms with van der Waals surface area (Å²) >= 11 is 6.73. The molecule has 0 bridgehead atoms.